The van der Waals surface area contributed by atoms with Gasteiger partial charge in [0.15, 0.2) is 0 Å². The van der Waals surface area contributed by atoms with E-state index in [4.69, 9.17) is 4.74 Å². The van der Waals surface area contributed by atoms with Crippen molar-refractivity contribution in [3.05, 3.63) is 94.5 Å². The molecular weight excluding hydrogens is 522 g/mol. The number of benzene rings is 3. The predicted octanol–water partition coefficient (Wildman–Crippen LogP) is 3.66. The fourth-order valence-corrected chi connectivity index (χ4v) is 4.66. The monoisotopic (exact) mass is 557 g/mol. The standard InChI is InChI=1S/C32H35N3O6/c1-18(2)28(34-26(37)15-21-9-5-19(3)6-10-21)31(39)35-29-24-17-23(36)13-14-25(24)33-32(40)30(29)41-27(38)16-22-11-7-20(4)8-12-22/h5-14,17-18,28-30,36H,15-16H2,1-4H3,(H,33,40)(H,34,37)(H,35,39)/t28-,29-,30+/m0/s1. The molecule has 9 heteroatoms. The molecule has 1 aliphatic rings. The number of carbonyl (C=O) groups excluding carboxylic acids is 4. The SMILES string of the molecule is Cc1ccc(CC(=O)N[C@H](C(=O)N[C@H]2c3cc(O)ccc3NC(=O)[C@@H]2OC(=O)Cc2ccc(C)cc2)C(C)C)cc1. The topological polar surface area (TPSA) is 134 Å². The van der Waals surface area contributed by atoms with Crippen molar-refractivity contribution in [2.75, 3.05) is 5.32 Å². The van der Waals surface area contributed by atoms with Gasteiger partial charge in [0.25, 0.3) is 5.91 Å². The van der Waals surface area contributed by atoms with E-state index in [0.29, 0.717) is 16.8 Å². The van der Waals surface area contributed by atoms with Gasteiger partial charge in [0.2, 0.25) is 17.9 Å². The van der Waals surface area contributed by atoms with Crippen LogP contribution in [0.3, 0.4) is 0 Å². The van der Waals surface area contributed by atoms with Crippen molar-refractivity contribution in [1.82, 2.24) is 10.6 Å². The van der Waals surface area contributed by atoms with Gasteiger partial charge >= 0.3 is 5.97 Å². The maximum Gasteiger partial charge on any atom is 0.311 e. The number of carbonyl (C=O) groups is 4. The molecule has 214 valence electrons. The quantitative estimate of drug-likeness (QED) is 0.234. The van der Waals surface area contributed by atoms with E-state index < -0.39 is 36.0 Å². The number of ether oxygens (including phenoxy) is 1. The van der Waals surface area contributed by atoms with Gasteiger partial charge in [-0.25, -0.2) is 0 Å². The Labute approximate surface area is 239 Å². The van der Waals surface area contributed by atoms with Gasteiger partial charge in [-0.3, -0.25) is 19.2 Å². The minimum absolute atomic E-state index is 0.0681. The number of nitrogens with one attached hydrogen (secondary N) is 3. The van der Waals surface area contributed by atoms with Crippen LogP contribution in [-0.4, -0.2) is 40.9 Å². The lowest BCUT2D eigenvalue weighted by molar-refractivity contribution is -0.156. The second-order valence-corrected chi connectivity index (χ2v) is 10.8. The van der Waals surface area contributed by atoms with Crippen LogP contribution in [0.15, 0.2) is 66.7 Å². The van der Waals surface area contributed by atoms with Crippen LogP contribution < -0.4 is 16.0 Å². The highest BCUT2D eigenvalue weighted by atomic mass is 16.5. The summed E-state index contributed by atoms with van der Waals surface area (Å²) < 4.78 is 5.62. The van der Waals surface area contributed by atoms with Gasteiger partial charge in [-0.2, -0.15) is 0 Å². The zero-order valence-corrected chi connectivity index (χ0v) is 23.6. The molecule has 0 fully saturated rings. The summed E-state index contributed by atoms with van der Waals surface area (Å²) in [5, 5.41) is 18.5. The van der Waals surface area contributed by atoms with Gasteiger partial charge in [-0.15, -0.1) is 0 Å². The molecule has 41 heavy (non-hydrogen) atoms. The molecule has 0 aliphatic carbocycles. The molecule has 0 bridgehead atoms. The first-order valence-electron chi connectivity index (χ1n) is 13.5. The number of phenolic OH excluding ortho intramolecular Hbond substituents is 1. The number of rotatable bonds is 9. The molecule has 0 saturated heterocycles. The molecule has 3 aromatic carbocycles. The largest absolute Gasteiger partial charge is 0.508 e. The molecule has 4 N–H and O–H groups in total. The normalized spacial score (nSPS) is 16.8. The fourth-order valence-electron chi connectivity index (χ4n) is 4.66. The number of phenols is 1. The van der Waals surface area contributed by atoms with Crippen molar-refractivity contribution < 1.29 is 29.0 Å². The summed E-state index contributed by atoms with van der Waals surface area (Å²) in [5.74, 6) is -2.52. The molecule has 1 aliphatic heterocycles. The molecule has 0 spiro atoms. The third-order valence-corrected chi connectivity index (χ3v) is 6.97. The molecule has 0 aromatic heterocycles. The van der Waals surface area contributed by atoms with Crippen molar-refractivity contribution in [3.8, 4) is 5.75 Å². The van der Waals surface area contributed by atoms with E-state index in [0.717, 1.165) is 16.7 Å². The van der Waals surface area contributed by atoms with Crippen LogP contribution in [0.5, 0.6) is 5.75 Å². The maximum atomic E-state index is 13.6. The molecule has 1 heterocycles. The maximum absolute atomic E-state index is 13.6. The zero-order valence-electron chi connectivity index (χ0n) is 23.6. The fraction of sp³-hybridized carbons (Fsp3) is 0.312. The van der Waals surface area contributed by atoms with E-state index in [1.54, 1.807) is 26.0 Å². The molecule has 3 aromatic rings. The van der Waals surface area contributed by atoms with Gasteiger partial charge in [0.1, 0.15) is 17.8 Å². The first-order valence-corrected chi connectivity index (χ1v) is 13.5. The van der Waals surface area contributed by atoms with Crippen LogP contribution in [0.25, 0.3) is 0 Å². The summed E-state index contributed by atoms with van der Waals surface area (Å²) in [7, 11) is 0. The lowest BCUT2D eigenvalue weighted by atomic mass is 9.93. The lowest BCUT2D eigenvalue weighted by Crippen LogP contribution is -2.55. The molecule has 4 rings (SSSR count). The van der Waals surface area contributed by atoms with E-state index >= 15 is 0 Å². The van der Waals surface area contributed by atoms with E-state index in [9.17, 15) is 24.3 Å². The summed E-state index contributed by atoms with van der Waals surface area (Å²) in [4.78, 5) is 52.4. The zero-order chi connectivity index (χ0) is 29.7. The second kappa shape index (κ2) is 12.7. The summed E-state index contributed by atoms with van der Waals surface area (Å²) in [6.07, 6.45) is -1.37. The number of hydrogen-bond donors (Lipinski definition) is 4. The van der Waals surface area contributed by atoms with Gasteiger partial charge in [-0.1, -0.05) is 73.5 Å². The highest BCUT2D eigenvalue weighted by Gasteiger charge is 2.41. The number of hydrogen-bond acceptors (Lipinski definition) is 6. The Morgan fingerprint density at radius 3 is 2.07 bits per heavy atom. The molecule has 0 unspecified atom stereocenters. The molecule has 9 nitrogen and oxygen atoms in total. The Bertz CT molecular complexity index is 1430. The minimum Gasteiger partial charge on any atom is -0.508 e. The van der Waals surface area contributed by atoms with Crippen LogP contribution in [0.4, 0.5) is 5.69 Å². The Hall–Kier alpha value is -4.66. The summed E-state index contributed by atoms with van der Waals surface area (Å²) >= 11 is 0. The minimum atomic E-state index is -1.40. The number of aryl methyl sites for hydroxylation is 2. The van der Waals surface area contributed by atoms with Gasteiger partial charge < -0.3 is 25.8 Å². The number of anilines is 1. The number of aromatic hydroxyl groups is 1. The lowest BCUT2D eigenvalue weighted by Gasteiger charge is -2.34. The number of esters is 1. The average Bonchev–Trinajstić information content (AvgIpc) is 2.92. The Balaban J connectivity index is 1.54. The van der Waals surface area contributed by atoms with Crippen molar-refractivity contribution >= 4 is 29.4 Å². The molecule has 3 amide bonds. The van der Waals surface area contributed by atoms with Crippen molar-refractivity contribution in [2.45, 2.75) is 58.7 Å². The van der Waals surface area contributed by atoms with Gasteiger partial charge in [0, 0.05) is 11.3 Å². The first-order chi connectivity index (χ1) is 19.5. The van der Waals surface area contributed by atoms with Crippen molar-refractivity contribution in [2.24, 2.45) is 5.92 Å². The van der Waals surface area contributed by atoms with Crippen LogP contribution in [0, 0.1) is 19.8 Å². The van der Waals surface area contributed by atoms with Crippen molar-refractivity contribution in [3.63, 3.8) is 0 Å². The Kier molecular flexibility index (Phi) is 9.07. The van der Waals surface area contributed by atoms with Crippen LogP contribution >= 0.6 is 0 Å². The van der Waals surface area contributed by atoms with E-state index in [1.165, 1.54) is 18.2 Å². The average molecular weight is 558 g/mol. The third-order valence-electron chi connectivity index (χ3n) is 6.97. The number of fused-ring (bicyclic) bond motifs is 1. The van der Waals surface area contributed by atoms with E-state index in [2.05, 4.69) is 16.0 Å². The van der Waals surface area contributed by atoms with Crippen LogP contribution in [0.1, 0.15) is 47.7 Å². The highest BCUT2D eigenvalue weighted by molar-refractivity contribution is 6.00. The smallest absolute Gasteiger partial charge is 0.311 e. The number of amides is 3. The van der Waals surface area contributed by atoms with Gasteiger partial charge in [0.05, 0.1) is 12.8 Å². The third kappa shape index (κ3) is 7.51. The Morgan fingerprint density at radius 2 is 1.49 bits per heavy atom. The highest BCUT2D eigenvalue weighted by Crippen LogP contribution is 2.35. The van der Waals surface area contributed by atoms with Gasteiger partial charge in [-0.05, 0) is 49.1 Å². The second-order valence-electron chi connectivity index (χ2n) is 10.8. The summed E-state index contributed by atoms with van der Waals surface area (Å²) in [5.41, 5.74) is 4.38. The Morgan fingerprint density at radius 1 is 0.902 bits per heavy atom. The van der Waals surface area contributed by atoms with Crippen molar-refractivity contribution in [1.29, 1.82) is 0 Å². The predicted molar refractivity (Wildman–Crippen MR) is 154 cm³/mol. The van der Waals surface area contributed by atoms with E-state index in [1.807, 2.05) is 50.2 Å². The van der Waals surface area contributed by atoms with Crippen LogP contribution in [-0.2, 0) is 36.8 Å². The molecule has 0 radical (unpaired) electrons. The first kappa shape index (κ1) is 29.3. The summed E-state index contributed by atoms with van der Waals surface area (Å²) in [6, 6.07) is 17.2. The van der Waals surface area contributed by atoms with E-state index in [-0.39, 0.29) is 30.4 Å². The molecule has 3 atom stereocenters. The molecule has 0 saturated carbocycles. The summed E-state index contributed by atoms with van der Waals surface area (Å²) in [6.45, 7) is 7.48. The molecular formula is C32H35N3O6. The van der Waals surface area contributed by atoms with Crippen LogP contribution in [0.2, 0.25) is 0 Å².